The van der Waals surface area contributed by atoms with Gasteiger partial charge in [0.05, 0.1) is 0 Å². The molecule has 2 aromatic rings. The van der Waals surface area contributed by atoms with Crippen LogP contribution in [0.25, 0.3) is 11.6 Å². The summed E-state index contributed by atoms with van der Waals surface area (Å²) in [5.41, 5.74) is 0.512. The molecule has 0 spiro atoms. The SMILES string of the molecule is CCc1nnc(-c2cc(S(=O)(=O)NC3CCCCCC3)c[nH]2)o1. The minimum atomic E-state index is -3.53. The molecule has 1 saturated carbocycles. The fourth-order valence-electron chi connectivity index (χ4n) is 2.84. The first-order chi connectivity index (χ1) is 11.1. The quantitative estimate of drug-likeness (QED) is 0.816. The minimum Gasteiger partial charge on any atom is -0.419 e. The maximum Gasteiger partial charge on any atom is 0.264 e. The number of hydrogen-bond acceptors (Lipinski definition) is 5. The standard InChI is InChI=1S/C15H22N4O3S/c1-2-14-17-18-15(22-14)13-9-12(10-16-13)23(20,21)19-11-7-5-3-4-6-8-11/h9-11,16,19H,2-8H2,1H3. The third-order valence-corrected chi connectivity index (χ3v) is 5.64. The molecule has 0 saturated heterocycles. The molecule has 1 aliphatic rings. The Bertz CT molecular complexity index is 742. The molecule has 0 bridgehead atoms. The van der Waals surface area contributed by atoms with Crippen molar-refractivity contribution in [2.75, 3.05) is 0 Å². The maximum atomic E-state index is 12.5. The third-order valence-electron chi connectivity index (χ3n) is 4.14. The second-order valence-electron chi connectivity index (χ2n) is 5.91. The van der Waals surface area contributed by atoms with Gasteiger partial charge in [-0.3, -0.25) is 0 Å². The van der Waals surface area contributed by atoms with Gasteiger partial charge in [0.2, 0.25) is 15.9 Å². The molecule has 0 atom stereocenters. The topological polar surface area (TPSA) is 101 Å². The van der Waals surface area contributed by atoms with E-state index < -0.39 is 10.0 Å². The van der Waals surface area contributed by atoms with Crippen LogP contribution in [0.4, 0.5) is 0 Å². The van der Waals surface area contributed by atoms with E-state index in [0.717, 1.165) is 25.7 Å². The van der Waals surface area contributed by atoms with Gasteiger partial charge < -0.3 is 9.40 Å². The van der Waals surface area contributed by atoms with Crippen molar-refractivity contribution in [3.63, 3.8) is 0 Å². The molecular formula is C15H22N4O3S. The summed E-state index contributed by atoms with van der Waals surface area (Å²) in [6.45, 7) is 1.92. The maximum absolute atomic E-state index is 12.5. The first kappa shape index (κ1) is 16.2. The Kier molecular flexibility index (Phi) is 4.82. The highest BCUT2D eigenvalue weighted by Crippen LogP contribution is 2.23. The molecule has 0 radical (unpaired) electrons. The Morgan fingerprint density at radius 2 is 2.00 bits per heavy atom. The summed E-state index contributed by atoms with van der Waals surface area (Å²) in [5, 5.41) is 7.80. The van der Waals surface area contributed by atoms with E-state index in [9.17, 15) is 8.42 Å². The number of rotatable bonds is 5. The van der Waals surface area contributed by atoms with Gasteiger partial charge in [0, 0.05) is 18.7 Å². The smallest absolute Gasteiger partial charge is 0.264 e. The van der Waals surface area contributed by atoms with Gasteiger partial charge in [0.15, 0.2) is 0 Å². The second kappa shape index (κ2) is 6.84. The third kappa shape index (κ3) is 3.81. The Balaban J connectivity index is 1.75. The van der Waals surface area contributed by atoms with Crippen LogP contribution in [0.3, 0.4) is 0 Å². The van der Waals surface area contributed by atoms with Crippen molar-refractivity contribution in [3.8, 4) is 11.6 Å². The van der Waals surface area contributed by atoms with Crippen molar-refractivity contribution >= 4 is 10.0 Å². The largest absolute Gasteiger partial charge is 0.419 e. The molecular weight excluding hydrogens is 316 g/mol. The molecule has 7 nitrogen and oxygen atoms in total. The Morgan fingerprint density at radius 3 is 2.65 bits per heavy atom. The highest BCUT2D eigenvalue weighted by atomic mass is 32.2. The lowest BCUT2D eigenvalue weighted by atomic mass is 10.1. The predicted molar refractivity (Wildman–Crippen MR) is 85.3 cm³/mol. The zero-order chi connectivity index (χ0) is 16.3. The molecule has 0 unspecified atom stereocenters. The molecule has 2 N–H and O–H groups in total. The number of sulfonamides is 1. The fraction of sp³-hybridized carbons (Fsp3) is 0.600. The number of nitrogens with one attached hydrogen (secondary N) is 2. The van der Waals surface area contributed by atoms with Crippen molar-refractivity contribution < 1.29 is 12.8 Å². The summed E-state index contributed by atoms with van der Waals surface area (Å²) < 4.78 is 33.3. The lowest BCUT2D eigenvalue weighted by Gasteiger charge is -2.15. The number of H-pyrrole nitrogens is 1. The van der Waals surface area contributed by atoms with Gasteiger partial charge in [-0.05, 0) is 18.9 Å². The van der Waals surface area contributed by atoms with Gasteiger partial charge in [0.25, 0.3) is 5.89 Å². The summed E-state index contributed by atoms with van der Waals surface area (Å²) >= 11 is 0. The first-order valence-electron chi connectivity index (χ1n) is 8.12. The molecule has 0 aromatic carbocycles. The van der Waals surface area contributed by atoms with Crippen LogP contribution < -0.4 is 4.72 Å². The van der Waals surface area contributed by atoms with Gasteiger partial charge in [0.1, 0.15) is 10.6 Å². The van der Waals surface area contributed by atoms with Gasteiger partial charge in [-0.2, -0.15) is 0 Å². The Hall–Kier alpha value is -1.67. The van der Waals surface area contributed by atoms with Gasteiger partial charge in [-0.1, -0.05) is 32.6 Å². The van der Waals surface area contributed by atoms with Crippen LogP contribution in [0.1, 0.15) is 51.3 Å². The number of aromatic amines is 1. The van der Waals surface area contributed by atoms with E-state index in [1.807, 2.05) is 6.92 Å². The molecule has 23 heavy (non-hydrogen) atoms. The summed E-state index contributed by atoms with van der Waals surface area (Å²) in [7, 11) is -3.53. The highest BCUT2D eigenvalue weighted by Gasteiger charge is 2.23. The first-order valence-corrected chi connectivity index (χ1v) is 9.60. The predicted octanol–water partition coefficient (Wildman–Crippen LogP) is 2.63. The highest BCUT2D eigenvalue weighted by molar-refractivity contribution is 7.89. The molecule has 1 aliphatic carbocycles. The van der Waals surface area contributed by atoms with Crippen molar-refractivity contribution in [1.82, 2.24) is 19.9 Å². The molecule has 2 aromatic heterocycles. The van der Waals surface area contributed by atoms with Crippen LogP contribution in [0.15, 0.2) is 21.6 Å². The van der Waals surface area contributed by atoms with E-state index >= 15 is 0 Å². The Labute approximate surface area is 135 Å². The fourth-order valence-corrected chi connectivity index (χ4v) is 4.14. The summed E-state index contributed by atoms with van der Waals surface area (Å²) in [6.07, 6.45) is 8.43. The van der Waals surface area contributed by atoms with Crippen molar-refractivity contribution in [3.05, 3.63) is 18.2 Å². The summed E-state index contributed by atoms with van der Waals surface area (Å²) in [4.78, 5) is 3.10. The number of aryl methyl sites for hydroxylation is 1. The molecule has 1 fully saturated rings. The summed E-state index contributed by atoms with van der Waals surface area (Å²) in [5.74, 6) is 0.827. The van der Waals surface area contributed by atoms with Crippen LogP contribution in [0, 0.1) is 0 Å². The van der Waals surface area contributed by atoms with E-state index in [-0.39, 0.29) is 10.9 Å². The lowest BCUT2D eigenvalue weighted by molar-refractivity contribution is 0.510. The number of hydrogen-bond donors (Lipinski definition) is 2. The van der Waals surface area contributed by atoms with Crippen LogP contribution in [0.5, 0.6) is 0 Å². The zero-order valence-electron chi connectivity index (χ0n) is 13.2. The monoisotopic (exact) mass is 338 g/mol. The number of nitrogens with zero attached hydrogens (tertiary/aromatic N) is 2. The Morgan fingerprint density at radius 1 is 1.26 bits per heavy atom. The molecule has 8 heteroatoms. The average Bonchev–Trinajstić information content (AvgIpc) is 3.13. The van der Waals surface area contributed by atoms with Gasteiger partial charge in [-0.25, -0.2) is 13.1 Å². The van der Waals surface area contributed by atoms with Crippen LogP contribution >= 0.6 is 0 Å². The molecule has 2 heterocycles. The van der Waals surface area contributed by atoms with E-state index in [1.54, 1.807) is 0 Å². The second-order valence-corrected chi connectivity index (χ2v) is 7.63. The van der Waals surface area contributed by atoms with Gasteiger partial charge in [-0.15, -0.1) is 10.2 Å². The number of aromatic nitrogens is 3. The average molecular weight is 338 g/mol. The molecule has 0 aliphatic heterocycles. The van der Waals surface area contributed by atoms with Crippen LogP contribution in [-0.4, -0.2) is 29.6 Å². The molecule has 0 amide bonds. The van der Waals surface area contributed by atoms with E-state index in [0.29, 0.717) is 23.9 Å². The van der Waals surface area contributed by atoms with Crippen molar-refractivity contribution in [2.24, 2.45) is 0 Å². The zero-order valence-corrected chi connectivity index (χ0v) is 14.0. The lowest BCUT2D eigenvalue weighted by Crippen LogP contribution is -2.34. The van der Waals surface area contributed by atoms with Crippen molar-refractivity contribution in [2.45, 2.75) is 62.8 Å². The van der Waals surface area contributed by atoms with E-state index in [1.165, 1.54) is 25.1 Å². The van der Waals surface area contributed by atoms with E-state index in [2.05, 4.69) is 19.9 Å². The van der Waals surface area contributed by atoms with Gasteiger partial charge >= 0.3 is 0 Å². The normalized spacial score (nSPS) is 17.3. The molecule has 3 rings (SSSR count). The minimum absolute atomic E-state index is 0.0240. The van der Waals surface area contributed by atoms with Crippen LogP contribution in [0.2, 0.25) is 0 Å². The summed E-state index contributed by atoms with van der Waals surface area (Å²) in [6, 6.07) is 1.56. The van der Waals surface area contributed by atoms with Crippen molar-refractivity contribution in [1.29, 1.82) is 0 Å². The molecule has 126 valence electrons. The van der Waals surface area contributed by atoms with E-state index in [4.69, 9.17) is 4.42 Å². The van der Waals surface area contributed by atoms with Crippen LogP contribution in [-0.2, 0) is 16.4 Å².